The SMILES string of the molecule is CCOC(=O)CC(c1ccnc(OCC2CCN(c3cc(OC)ccc3C(=O)N(CC3(F)CCC3)c3ccccn3)CC2)c1)C1CC1. The van der Waals surface area contributed by atoms with Crippen molar-refractivity contribution in [2.75, 3.05) is 49.8 Å². The Morgan fingerprint density at radius 3 is 2.51 bits per heavy atom. The number of piperidine rings is 1. The first-order valence-electron chi connectivity index (χ1n) is 16.9. The van der Waals surface area contributed by atoms with E-state index in [1.54, 1.807) is 43.8 Å². The topological polar surface area (TPSA) is 94.1 Å². The van der Waals surface area contributed by atoms with Crippen LogP contribution in [0.5, 0.6) is 11.6 Å². The maximum atomic E-state index is 15.4. The Balaban J connectivity index is 1.11. The van der Waals surface area contributed by atoms with Crippen molar-refractivity contribution in [3.63, 3.8) is 0 Å². The van der Waals surface area contributed by atoms with Crippen molar-refractivity contribution in [2.45, 2.75) is 69.9 Å². The molecule has 10 heteroatoms. The maximum Gasteiger partial charge on any atom is 0.306 e. The molecule has 2 saturated carbocycles. The van der Waals surface area contributed by atoms with Crippen molar-refractivity contribution < 1.29 is 28.2 Å². The van der Waals surface area contributed by atoms with Crippen LogP contribution in [0, 0.1) is 11.8 Å². The van der Waals surface area contributed by atoms with Gasteiger partial charge in [0.15, 0.2) is 0 Å². The highest BCUT2D eigenvalue weighted by atomic mass is 19.1. The average molecular weight is 645 g/mol. The van der Waals surface area contributed by atoms with Crippen LogP contribution < -0.4 is 19.3 Å². The molecule has 9 nitrogen and oxygen atoms in total. The summed E-state index contributed by atoms with van der Waals surface area (Å²) in [4.78, 5) is 39.0. The highest BCUT2D eigenvalue weighted by Crippen LogP contribution is 2.45. The molecule has 0 N–H and O–H groups in total. The van der Waals surface area contributed by atoms with Crippen LogP contribution in [0.4, 0.5) is 15.9 Å². The highest BCUT2D eigenvalue weighted by Gasteiger charge is 2.41. The van der Waals surface area contributed by atoms with E-state index in [1.807, 2.05) is 31.2 Å². The first-order valence-corrected chi connectivity index (χ1v) is 16.9. The second kappa shape index (κ2) is 14.7. The standard InChI is InChI=1S/C37H45FN4O5/c1-3-46-35(43)23-31(27-8-9-27)28-12-18-40-34(21-28)47-24-26-13-19-41(20-14-26)32-22-29(45-2)10-11-30(32)36(44)42(25-37(38)15-6-16-37)33-7-4-5-17-39-33/h4-5,7,10-12,17-18,21-22,26-27,31H,3,6,8-9,13-16,19-20,23-25H2,1-2H3. The second-order valence-corrected chi connectivity index (χ2v) is 13.1. The van der Waals surface area contributed by atoms with Crippen molar-refractivity contribution in [3.8, 4) is 11.6 Å². The fourth-order valence-corrected chi connectivity index (χ4v) is 6.73. The number of nitrogens with zero attached hydrogens (tertiary/aromatic N) is 4. The van der Waals surface area contributed by atoms with Gasteiger partial charge in [0.2, 0.25) is 5.88 Å². The van der Waals surface area contributed by atoms with E-state index >= 15 is 4.39 Å². The van der Waals surface area contributed by atoms with Gasteiger partial charge in [-0.1, -0.05) is 6.07 Å². The number of pyridine rings is 2. The Labute approximate surface area is 276 Å². The zero-order valence-corrected chi connectivity index (χ0v) is 27.4. The molecule has 2 aromatic heterocycles. The third-order valence-corrected chi connectivity index (χ3v) is 9.79. The molecule has 1 atom stereocenters. The van der Waals surface area contributed by atoms with Gasteiger partial charge in [-0.25, -0.2) is 14.4 Å². The molecule has 1 aromatic carbocycles. The molecule has 3 aliphatic rings. The van der Waals surface area contributed by atoms with E-state index in [-0.39, 0.29) is 24.3 Å². The molecule has 3 heterocycles. The number of hydrogen-bond acceptors (Lipinski definition) is 8. The lowest BCUT2D eigenvalue weighted by Crippen LogP contribution is -2.48. The number of carbonyl (C=O) groups excluding carboxylic acids is 2. The Morgan fingerprint density at radius 2 is 1.85 bits per heavy atom. The lowest BCUT2D eigenvalue weighted by atomic mass is 9.81. The minimum Gasteiger partial charge on any atom is -0.497 e. The minimum atomic E-state index is -1.40. The summed E-state index contributed by atoms with van der Waals surface area (Å²) in [5.74, 6) is 2.19. The number of amides is 1. The van der Waals surface area contributed by atoms with Gasteiger partial charge in [0, 0.05) is 37.6 Å². The first-order chi connectivity index (χ1) is 22.9. The number of methoxy groups -OCH3 is 1. The number of ether oxygens (including phenoxy) is 3. The van der Waals surface area contributed by atoms with Crippen molar-refractivity contribution in [2.24, 2.45) is 11.8 Å². The molecule has 47 heavy (non-hydrogen) atoms. The maximum absolute atomic E-state index is 15.4. The van der Waals surface area contributed by atoms with Gasteiger partial charge in [0.25, 0.3) is 5.91 Å². The van der Waals surface area contributed by atoms with Gasteiger partial charge in [-0.15, -0.1) is 0 Å². The summed E-state index contributed by atoms with van der Waals surface area (Å²) in [6.07, 6.45) is 9.48. The summed E-state index contributed by atoms with van der Waals surface area (Å²) < 4.78 is 32.4. The zero-order chi connectivity index (χ0) is 32.8. The van der Waals surface area contributed by atoms with Crippen LogP contribution in [0.15, 0.2) is 60.9 Å². The summed E-state index contributed by atoms with van der Waals surface area (Å²) in [7, 11) is 1.61. The molecule has 0 bridgehead atoms. The van der Waals surface area contributed by atoms with Crippen LogP contribution in [0.3, 0.4) is 0 Å². The zero-order valence-electron chi connectivity index (χ0n) is 27.4. The molecule has 0 spiro atoms. The number of aromatic nitrogens is 2. The summed E-state index contributed by atoms with van der Waals surface area (Å²) in [5, 5.41) is 0. The van der Waals surface area contributed by atoms with Crippen LogP contribution in [-0.4, -0.2) is 67.5 Å². The van der Waals surface area contributed by atoms with Crippen LogP contribution in [0.2, 0.25) is 0 Å². The molecular formula is C37H45FN4O5. The normalized spacial score (nSPS) is 18.1. The number of esters is 1. The molecule has 1 unspecified atom stereocenters. The van der Waals surface area contributed by atoms with Gasteiger partial charge < -0.3 is 19.1 Å². The van der Waals surface area contributed by atoms with Gasteiger partial charge in [-0.2, -0.15) is 0 Å². The van der Waals surface area contributed by atoms with Crippen LogP contribution in [-0.2, 0) is 9.53 Å². The van der Waals surface area contributed by atoms with E-state index in [2.05, 4.69) is 14.9 Å². The van der Waals surface area contributed by atoms with Gasteiger partial charge >= 0.3 is 5.97 Å². The molecule has 1 saturated heterocycles. The second-order valence-electron chi connectivity index (χ2n) is 13.1. The van der Waals surface area contributed by atoms with E-state index in [4.69, 9.17) is 14.2 Å². The van der Waals surface area contributed by atoms with Crippen molar-refractivity contribution in [1.29, 1.82) is 0 Å². The van der Waals surface area contributed by atoms with E-state index in [9.17, 15) is 9.59 Å². The summed E-state index contributed by atoms with van der Waals surface area (Å²) >= 11 is 0. The molecule has 0 radical (unpaired) electrons. The van der Waals surface area contributed by atoms with Crippen molar-refractivity contribution in [1.82, 2.24) is 9.97 Å². The number of alkyl halides is 1. The average Bonchev–Trinajstić information content (AvgIpc) is 3.94. The van der Waals surface area contributed by atoms with Gasteiger partial charge in [0.1, 0.15) is 17.2 Å². The smallest absolute Gasteiger partial charge is 0.306 e. The number of halogens is 1. The molecule has 3 aromatic rings. The Morgan fingerprint density at radius 1 is 1.04 bits per heavy atom. The van der Waals surface area contributed by atoms with Gasteiger partial charge in [-0.05, 0) is 106 Å². The fourth-order valence-electron chi connectivity index (χ4n) is 6.73. The van der Waals surface area contributed by atoms with E-state index in [0.717, 1.165) is 56.4 Å². The lowest BCUT2D eigenvalue weighted by Gasteiger charge is -2.39. The van der Waals surface area contributed by atoms with E-state index in [0.29, 0.717) is 67.3 Å². The summed E-state index contributed by atoms with van der Waals surface area (Å²) in [6.45, 7) is 4.19. The quantitative estimate of drug-likeness (QED) is 0.178. The third kappa shape index (κ3) is 8.03. The van der Waals surface area contributed by atoms with Gasteiger partial charge in [-0.3, -0.25) is 14.5 Å². The fraction of sp³-hybridized carbons (Fsp3) is 0.514. The van der Waals surface area contributed by atoms with E-state index in [1.165, 1.54) is 4.90 Å². The van der Waals surface area contributed by atoms with Crippen molar-refractivity contribution >= 4 is 23.4 Å². The number of carbonyl (C=O) groups is 2. The molecule has 1 amide bonds. The molecule has 250 valence electrons. The Kier molecular flexibility index (Phi) is 10.2. The van der Waals surface area contributed by atoms with Crippen LogP contribution in [0.25, 0.3) is 0 Å². The predicted molar refractivity (Wildman–Crippen MR) is 178 cm³/mol. The van der Waals surface area contributed by atoms with E-state index < -0.39 is 5.67 Å². The molecule has 3 fully saturated rings. The molecular weight excluding hydrogens is 599 g/mol. The van der Waals surface area contributed by atoms with Gasteiger partial charge in [0.05, 0.1) is 44.5 Å². The minimum absolute atomic E-state index is 0.0206. The molecule has 6 rings (SSSR count). The Bertz CT molecular complexity index is 1520. The summed E-state index contributed by atoms with van der Waals surface area (Å²) in [5.41, 5.74) is 0.958. The Hall–Kier alpha value is -4.21. The first kappa shape index (κ1) is 32.7. The monoisotopic (exact) mass is 644 g/mol. The predicted octanol–water partition coefficient (Wildman–Crippen LogP) is 6.77. The molecule has 1 aliphatic heterocycles. The lowest BCUT2D eigenvalue weighted by molar-refractivity contribution is -0.143. The number of benzene rings is 1. The van der Waals surface area contributed by atoms with Crippen LogP contribution in [0.1, 0.15) is 80.1 Å². The third-order valence-electron chi connectivity index (χ3n) is 9.79. The summed E-state index contributed by atoms with van der Waals surface area (Å²) in [6, 6.07) is 14.8. The number of hydrogen-bond donors (Lipinski definition) is 0. The van der Waals surface area contributed by atoms with Crippen molar-refractivity contribution in [3.05, 3.63) is 72.1 Å². The highest BCUT2D eigenvalue weighted by molar-refractivity contribution is 6.09. The largest absolute Gasteiger partial charge is 0.497 e. The number of rotatable bonds is 14. The van der Waals surface area contributed by atoms with Crippen LogP contribution >= 0.6 is 0 Å². The molecule has 2 aliphatic carbocycles. The number of anilines is 2.